The Morgan fingerprint density at radius 3 is 1.52 bits per heavy atom. The summed E-state index contributed by atoms with van der Waals surface area (Å²) in [5, 5.41) is 0. The summed E-state index contributed by atoms with van der Waals surface area (Å²) in [5.41, 5.74) is 0. The molecule has 0 aliphatic carbocycles. The summed E-state index contributed by atoms with van der Waals surface area (Å²) in [6.45, 7) is 3.09. The highest BCUT2D eigenvalue weighted by molar-refractivity contribution is 8.18. The fourth-order valence-electron chi connectivity index (χ4n) is 2.29. The molecule has 0 bridgehead atoms. The standard InChI is InChI=1S/C18H16O4S/c1-18(2)21-16(19)15(17(20)22-18)23(13-9-5-3-6-10-13)14-11-7-4-8-12-14/h3-12H,1-2H3. The van der Waals surface area contributed by atoms with E-state index in [0.29, 0.717) is 0 Å². The third-order valence-electron chi connectivity index (χ3n) is 3.21. The maximum atomic E-state index is 12.5. The van der Waals surface area contributed by atoms with Crippen LogP contribution in [0, 0.1) is 0 Å². The van der Waals surface area contributed by atoms with Crippen molar-refractivity contribution < 1.29 is 19.1 Å². The number of carbonyl (C=O) groups is 2. The zero-order valence-electron chi connectivity index (χ0n) is 12.8. The topological polar surface area (TPSA) is 52.6 Å². The Balaban J connectivity index is 2.23. The maximum Gasteiger partial charge on any atom is 0.355 e. The van der Waals surface area contributed by atoms with Gasteiger partial charge in [0.05, 0.1) is 0 Å². The van der Waals surface area contributed by atoms with Gasteiger partial charge in [0, 0.05) is 23.6 Å². The van der Waals surface area contributed by atoms with Crippen LogP contribution in [0.4, 0.5) is 0 Å². The molecule has 2 aromatic carbocycles. The van der Waals surface area contributed by atoms with Gasteiger partial charge in [-0.15, -0.1) is 10.5 Å². The third-order valence-corrected chi connectivity index (χ3v) is 5.44. The summed E-state index contributed by atoms with van der Waals surface area (Å²) in [6, 6.07) is 18.9. The molecule has 0 N–H and O–H groups in total. The zero-order valence-corrected chi connectivity index (χ0v) is 13.6. The lowest BCUT2D eigenvalue weighted by atomic mass is 10.3. The summed E-state index contributed by atoms with van der Waals surface area (Å²) < 4.78 is 10.5. The molecule has 0 amide bonds. The molecule has 23 heavy (non-hydrogen) atoms. The van der Waals surface area contributed by atoms with Gasteiger partial charge in [-0.3, -0.25) is 0 Å². The molecule has 5 heteroatoms. The zero-order chi connectivity index (χ0) is 16.4. The van der Waals surface area contributed by atoms with Crippen molar-refractivity contribution in [1.29, 1.82) is 0 Å². The fraction of sp³-hybridized carbons (Fsp3) is 0.167. The largest absolute Gasteiger partial charge is 0.419 e. The van der Waals surface area contributed by atoms with Crippen molar-refractivity contribution in [2.24, 2.45) is 0 Å². The Bertz CT molecular complexity index is 716. The lowest BCUT2D eigenvalue weighted by Crippen LogP contribution is -2.46. The van der Waals surface area contributed by atoms with Crippen LogP contribution >= 0.6 is 10.5 Å². The second-order valence-electron chi connectivity index (χ2n) is 5.44. The van der Waals surface area contributed by atoms with E-state index in [1.54, 1.807) is 13.8 Å². The van der Waals surface area contributed by atoms with E-state index in [2.05, 4.69) is 0 Å². The van der Waals surface area contributed by atoms with Gasteiger partial charge in [-0.2, -0.15) is 0 Å². The molecule has 118 valence electrons. The third kappa shape index (κ3) is 3.19. The van der Waals surface area contributed by atoms with Crippen molar-refractivity contribution in [3.63, 3.8) is 0 Å². The van der Waals surface area contributed by atoms with Crippen molar-refractivity contribution in [2.75, 3.05) is 0 Å². The van der Waals surface area contributed by atoms with Crippen LogP contribution in [0.3, 0.4) is 0 Å². The molecule has 3 rings (SSSR count). The van der Waals surface area contributed by atoms with Crippen LogP contribution in [-0.4, -0.2) is 22.6 Å². The van der Waals surface area contributed by atoms with Crippen molar-refractivity contribution in [1.82, 2.24) is 0 Å². The second kappa shape index (κ2) is 6.01. The van der Waals surface area contributed by atoms with E-state index in [9.17, 15) is 9.59 Å². The minimum atomic E-state index is -1.24. The Morgan fingerprint density at radius 1 is 0.739 bits per heavy atom. The molecular weight excluding hydrogens is 312 g/mol. The first-order valence-corrected chi connectivity index (χ1v) is 8.38. The van der Waals surface area contributed by atoms with Gasteiger partial charge in [0.2, 0.25) is 0 Å². The summed E-state index contributed by atoms with van der Waals surface area (Å²) >= 11 is 0. The fourth-order valence-corrected chi connectivity index (χ4v) is 4.31. The number of ether oxygens (including phenoxy) is 2. The molecule has 0 unspecified atom stereocenters. The Morgan fingerprint density at radius 2 is 1.13 bits per heavy atom. The number of hydrogen-bond donors (Lipinski definition) is 0. The molecular formula is C18H16O4S. The number of hydrogen-bond acceptors (Lipinski definition) is 4. The van der Waals surface area contributed by atoms with Crippen molar-refractivity contribution in [3.8, 4) is 0 Å². The van der Waals surface area contributed by atoms with E-state index in [1.165, 1.54) is 0 Å². The molecule has 2 aromatic rings. The summed E-state index contributed by atoms with van der Waals surface area (Å²) in [4.78, 5) is 26.7. The number of cyclic esters (lactones) is 2. The van der Waals surface area contributed by atoms with E-state index in [1.807, 2.05) is 60.7 Å². The molecule has 0 aromatic heterocycles. The van der Waals surface area contributed by atoms with Crippen LogP contribution in [0.2, 0.25) is 0 Å². The molecule has 1 aliphatic heterocycles. The molecule has 0 spiro atoms. The normalized spacial score (nSPS) is 16.9. The van der Waals surface area contributed by atoms with Gasteiger partial charge in [-0.25, -0.2) is 9.59 Å². The van der Waals surface area contributed by atoms with Crippen LogP contribution in [-0.2, 0) is 19.1 Å². The van der Waals surface area contributed by atoms with Crippen LogP contribution in [0.1, 0.15) is 13.8 Å². The van der Waals surface area contributed by atoms with E-state index in [-0.39, 0.29) is 4.86 Å². The molecule has 1 heterocycles. The van der Waals surface area contributed by atoms with E-state index in [0.717, 1.165) is 9.79 Å². The van der Waals surface area contributed by atoms with Crippen LogP contribution in [0.25, 0.3) is 0 Å². The predicted molar refractivity (Wildman–Crippen MR) is 88.3 cm³/mol. The lowest BCUT2D eigenvalue weighted by Gasteiger charge is -2.31. The molecule has 1 fully saturated rings. The van der Waals surface area contributed by atoms with Crippen molar-refractivity contribution in [2.45, 2.75) is 29.4 Å². The molecule has 0 radical (unpaired) electrons. The van der Waals surface area contributed by atoms with Gasteiger partial charge in [-0.05, 0) is 24.3 Å². The molecule has 4 nitrogen and oxygen atoms in total. The second-order valence-corrected chi connectivity index (χ2v) is 7.40. The van der Waals surface area contributed by atoms with E-state index < -0.39 is 28.2 Å². The highest BCUT2D eigenvalue weighted by Crippen LogP contribution is 2.39. The average molecular weight is 328 g/mol. The number of rotatable bonds is 2. The molecule has 1 aliphatic rings. The molecule has 0 saturated carbocycles. The van der Waals surface area contributed by atoms with Gasteiger partial charge in [-0.1, -0.05) is 36.4 Å². The van der Waals surface area contributed by atoms with Crippen LogP contribution < -0.4 is 0 Å². The van der Waals surface area contributed by atoms with E-state index >= 15 is 0 Å². The quantitative estimate of drug-likeness (QED) is 0.626. The molecule has 1 saturated heterocycles. The van der Waals surface area contributed by atoms with Gasteiger partial charge < -0.3 is 9.47 Å². The van der Waals surface area contributed by atoms with Gasteiger partial charge in [0.25, 0.3) is 5.79 Å². The van der Waals surface area contributed by atoms with Gasteiger partial charge in [0.1, 0.15) is 0 Å². The maximum absolute atomic E-state index is 12.5. The Kier molecular flexibility index (Phi) is 4.05. The smallest absolute Gasteiger partial charge is 0.355 e. The minimum Gasteiger partial charge on any atom is -0.419 e. The minimum absolute atomic E-state index is 0.0294. The number of benzene rings is 2. The monoisotopic (exact) mass is 328 g/mol. The SMILES string of the molecule is CC1(C)OC(=O)C(=S(c2ccccc2)c2ccccc2)C(=O)O1. The molecule has 0 atom stereocenters. The van der Waals surface area contributed by atoms with Crippen molar-refractivity contribution in [3.05, 3.63) is 60.7 Å². The van der Waals surface area contributed by atoms with Gasteiger partial charge >= 0.3 is 11.9 Å². The summed E-state index contributed by atoms with van der Waals surface area (Å²) in [6.07, 6.45) is 0. The average Bonchev–Trinajstić information content (AvgIpc) is 2.51. The van der Waals surface area contributed by atoms with E-state index in [4.69, 9.17) is 9.47 Å². The van der Waals surface area contributed by atoms with Crippen molar-refractivity contribution >= 4 is 27.3 Å². The summed E-state index contributed by atoms with van der Waals surface area (Å²) in [7, 11) is -0.863. The Hall–Kier alpha value is -2.40. The predicted octanol–water partition coefficient (Wildman–Crippen LogP) is 3.38. The first-order valence-electron chi connectivity index (χ1n) is 7.16. The van der Waals surface area contributed by atoms with Crippen LogP contribution in [0.5, 0.6) is 0 Å². The highest BCUT2D eigenvalue weighted by atomic mass is 32.2. The number of carbonyl (C=O) groups excluding carboxylic acids is 2. The van der Waals surface area contributed by atoms with Gasteiger partial charge in [0.15, 0.2) is 4.86 Å². The lowest BCUT2D eigenvalue weighted by molar-refractivity contribution is -0.214. The van der Waals surface area contributed by atoms with Crippen LogP contribution in [0.15, 0.2) is 70.5 Å². The first kappa shape index (κ1) is 15.5. The first-order chi connectivity index (χ1) is 11.0. The summed E-state index contributed by atoms with van der Waals surface area (Å²) in [5.74, 6) is -2.48. The Labute approximate surface area is 137 Å². The highest BCUT2D eigenvalue weighted by Gasteiger charge is 2.41. The number of esters is 2.